The van der Waals surface area contributed by atoms with Crippen LogP contribution in [0.15, 0.2) is 18.2 Å². The van der Waals surface area contributed by atoms with Crippen LogP contribution >= 0.6 is 11.6 Å². The quantitative estimate of drug-likeness (QED) is 0.668. The summed E-state index contributed by atoms with van der Waals surface area (Å²) in [6, 6.07) is 5.52. The maximum Gasteiger partial charge on any atom is 0.389 e. The third-order valence-electron chi connectivity index (χ3n) is 2.57. The number of hydrogen-bond acceptors (Lipinski definition) is 0. The van der Waals surface area contributed by atoms with E-state index in [0.29, 0.717) is 0 Å². The van der Waals surface area contributed by atoms with Gasteiger partial charge in [-0.3, -0.25) is 0 Å². The molecule has 0 aliphatic carbocycles. The Morgan fingerprint density at radius 1 is 1.19 bits per heavy atom. The summed E-state index contributed by atoms with van der Waals surface area (Å²) in [5, 5.41) is -0.569. The second-order valence-electron chi connectivity index (χ2n) is 3.97. The lowest BCUT2D eigenvalue weighted by atomic mass is 10.0. The van der Waals surface area contributed by atoms with Gasteiger partial charge >= 0.3 is 6.18 Å². The van der Waals surface area contributed by atoms with Crippen LogP contribution in [0.3, 0.4) is 0 Å². The summed E-state index contributed by atoms with van der Waals surface area (Å²) in [6.07, 6.45) is -5.05. The lowest BCUT2D eigenvalue weighted by Gasteiger charge is -2.13. The summed E-state index contributed by atoms with van der Waals surface area (Å²) in [6.45, 7) is 3.88. The lowest BCUT2D eigenvalue weighted by molar-refractivity contribution is -0.135. The van der Waals surface area contributed by atoms with Crippen molar-refractivity contribution in [3.05, 3.63) is 34.9 Å². The number of halogens is 4. The lowest BCUT2D eigenvalue weighted by Crippen LogP contribution is -2.08. The zero-order valence-corrected chi connectivity index (χ0v) is 9.99. The molecule has 0 aliphatic rings. The van der Waals surface area contributed by atoms with Crippen LogP contribution < -0.4 is 0 Å². The second-order valence-corrected chi connectivity index (χ2v) is 4.49. The first-order valence-corrected chi connectivity index (χ1v) is 5.51. The van der Waals surface area contributed by atoms with Gasteiger partial charge in [-0.1, -0.05) is 18.2 Å². The Kier molecular flexibility index (Phi) is 4.25. The highest BCUT2D eigenvalue weighted by Crippen LogP contribution is 2.32. The third kappa shape index (κ3) is 4.05. The highest BCUT2D eigenvalue weighted by Gasteiger charge is 2.28. The molecule has 0 N–H and O–H groups in total. The van der Waals surface area contributed by atoms with Crippen molar-refractivity contribution in [2.24, 2.45) is 0 Å². The Hall–Kier alpha value is -0.700. The van der Waals surface area contributed by atoms with Gasteiger partial charge in [0.2, 0.25) is 0 Å². The van der Waals surface area contributed by atoms with Gasteiger partial charge in [-0.15, -0.1) is 11.6 Å². The predicted octanol–water partition coefficient (Wildman–Crippen LogP) is 4.93. The fraction of sp³-hybridized carbons (Fsp3) is 0.500. The van der Waals surface area contributed by atoms with Crippen LogP contribution in [0.4, 0.5) is 13.2 Å². The maximum atomic E-state index is 12.0. The van der Waals surface area contributed by atoms with Gasteiger partial charge in [0, 0.05) is 6.42 Å². The molecular formula is C12H14ClF3. The molecule has 0 heterocycles. The monoisotopic (exact) mass is 250 g/mol. The van der Waals surface area contributed by atoms with Gasteiger partial charge in [0.25, 0.3) is 0 Å². The van der Waals surface area contributed by atoms with Crippen LogP contribution in [0.5, 0.6) is 0 Å². The molecular weight excluding hydrogens is 237 g/mol. The van der Waals surface area contributed by atoms with Crippen molar-refractivity contribution >= 4 is 11.6 Å². The van der Waals surface area contributed by atoms with E-state index >= 15 is 0 Å². The fourth-order valence-electron chi connectivity index (χ4n) is 1.42. The standard InChI is InChI=1S/C12H14ClF3/c1-8-3-4-10(7-9(8)2)11(13)5-6-12(14,15)16/h3-4,7,11H,5-6H2,1-2H3. The van der Waals surface area contributed by atoms with Gasteiger partial charge in [0.05, 0.1) is 5.38 Å². The van der Waals surface area contributed by atoms with Crippen molar-refractivity contribution in [2.75, 3.05) is 0 Å². The summed E-state index contributed by atoms with van der Waals surface area (Å²) >= 11 is 5.94. The molecule has 0 spiro atoms. The first-order valence-electron chi connectivity index (χ1n) is 5.07. The van der Waals surface area contributed by atoms with E-state index in [1.165, 1.54) is 0 Å². The van der Waals surface area contributed by atoms with Crippen molar-refractivity contribution in [3.63, 3.8) is 0 Å². The molecule has 0 saturated heterocycles. The van der Waals surface area contributed by atoms with Gasteiger partial charge in [0.15, 0.2) is 0 Å². The largest absolute Gasteiger partial charge is 0.389 e. The molecule has 0 aromatic heterocycles. The van der Waals surface area contributed by atoms with Crippen LogP contribution in [0.25, 0.3) is 0 Å². The minimum Gasteiger partial charge on any atom is -0.171 e. The Morgan fingerprint density at radius 2 is 1.81 bits per heavy atom. The predicted molar refractivity (Wildman–Crippen MR) is 59.8 cm³/mol. The average molecular weight is 251 g/mol. The molecule has 0 radical (unpaired) electrons. The highest BCUT2D eigenvalue weighted by molar-refractivity contribution is 6.20. The molecule has 0 nitrogen and oxygen atoms in total. The van der Waals surface area contributed by atoms with Crippen LogP contribution in [0.2, 0.25) is 0 Å². The topological polar surface area (TPSA) is 0 Å². The van der Waals surface area contributed by atoms with Crippen molar-refractivity contribution in [1.82, 2.24) is 0 Å². The zero-order chi connectivity index (χ0) is 12.3. The molecule has 0 bridgehead atoms. The van der Waals surface area contributed by atoms with E-state index in [2.05, 4.69) is 0 Å². The molecule has 0 aliphatic heterocycles. The normalized spacial score (nSPS) is 13.9. The van der Waals surface area contributed by atoms with E-state index in [1.807, 2.05) is 26.0 Å². The number of rotatable bonds is 3. The van der Waals surface area contributed by atoms with E-state index in [4.69, 9.17) is 11.6 Å². The molecule has 0 fully saturated rings. The van der Waals surface area contributed by atoms with E-state index in [-0.39, 0.29) is 6.42 Å². The summed E-state index contributed by atoms with van der Waals surface area (Å²) in [5.74, 6) is 0. The SMILES string of the molecule is Cc1ccc(C(Cl)CCC(F)(F)F)cc1C. The van der Waals surface area contributed by atoms with Crippen molar-refractivity contribution < 1.29 is 13.2 Å². The molecule has 4 heteroatoms. The smallest absolute Gasteiger partial charge is 0.171 e. The molecule has 0 amide bonds. The number of alkyl halides is 4. The first kappa shape index (κ1) is 13.4. The molecule has 1 rings (SSSR count). The molecule has 16 heavy (non-hydrogen) atoms. The number of aryl methyl sites for hydroxylation is 2. The number of hydrogen-bond donors (Lipinski definition) is 0. The summed E-state index contributed by atoms with van der Waals surface area (Å²) in [5.41, 5.74) is 2.92. The minimum atomic E-state index is -4.13. The summed E-state index contributed by atoms with van der Waals surface area (Å²) < 4.78 is 36.0. The average Bonchev–Trinajstić information content (AvgIpc) is 2.17. The van der Waals surface area contributed by atoms with Crippen LogP contribution in [-0.4, -0.2) is 6.18 Å². The van der Waals surface area contributed by atoms with Gasteiger partial charge in [-0.25, -0.2) is 0 Å². The second kappa shape index (κ2) is 5.09. The van der Waals surface area contributed by atoms with E-state index < -0.39 is 18.0 Å². The molecule has 1 atom stereocenters. The number of benzene rings is 1. The Balaban J connectivity index is 2.66. The van der Waals surface area contributed by atoms with Crippen LogP contribution in [0.1, 0.15) is 34.9 Å². The Labute approximate surface area is 98.4 Å². The van der Waals surface area contributed by atoms with Crippen LogP contribution in [-0.2, 0) is 0 Å². The van der Waals surface area contributed by atoms with Crippen molar-refractivity contribution in [2.45, 2.75) is 38.2 Å². The molecule has 0 saturated carbocycles. The van der Waals surface area contributed by atoms with E-state index in [1.54, 1.807) is 6.07 Å². The van der Waals surface area contributed by atoms with Crippen molar-refractivity contribution in [1.29, 1.82) is 0 Å². The third-order valence-corrected chi connectivity index (χ3v) is 3.04. The molecule has 1 aromatic carbocycles. The maximum absolute atomic E-state index is 12.0. The fourth-order valence-corrected chi connectivity index (χ4v) is 1.66. The zero-order valence-electron chi connectivity index (χ0n) is 9.24. The highest BCUT2D eigenvalue weighted by atomic mass is 35.5. The molecule has 90 valence electrons. The molecule has 1 unspecified atom stereocenters. The van der Waals surface area contributed by atoms with Gasteiger partial charge < -0.3 is 0 Å². The van der Waals surface area contributed by atoms with Crippen LogP contribution in [0, 0.1) is 13.8 Å². The van der Waals surface area contributed by atoms with E-state index in [9.17, 15) is 13.2 Å². The van der Waals surface area contributed by atoms with Crippen molar-refractivity contribution in [3.8, 4) is 0 Å². The Bertz CT molecular complexity index is 358. The first-order chi connectivity index (χ1) is 7.29. The van der Waals surface area contributed by atoms with Gasteiger partial charge in [0.1, 0.15) is 0 Å². The summed E-state index contributed by atoms with van der Waals surface area (Å²) in [7, 11) is 0. The van der Waals surface area contributed by atoms with Gasteiger partial charge in [-0.05, 0) is 37.0 Å². The van der Waals surface area contributed by atoms with Gasteiger partial charge in [-0.2, -0.15) is 13.2 Å². The van der Waals surface area contributed by atoms with E-state index in [0.717, 1.165) is 16.7 Å². The summed E-state index contributed by atoms with van der Waals surface area (Å²) in [4.78, 5) is 0. The Morgan fingerprint density at radius 3 is 2.31 bits per heavy atom. The molecule has 1 aromatic rings. The minimum absolute atomic E-state index is 0.0758.